The van der Waals surface area contributed by atoms with Crippen LogP contribution in [-0.2, 0) is 0 Å². The van der Waals surface area contributed by atoms with Gasteiger partial charge in [0.05, 0.1) is 5.71 Å². The molecule has 0 unspecified atom stereocenters. The quantitative estimate of drug-likeness (QED) is 0.671. The summed E-state index contributed by atoms with van der Waals surface area (Å²) < 4.78 is 0. The van der Waals surface area contributed by atoms with Gasteiger partial charge in [-0.3, -0.25) is 4.79 Å². The van der Waals surface area contributed by atoms with Crippen molar-refractivity contribution in [1.29, 1.82) is 0 Å². The van der Waals surface area contributed by atoms with Crippen LogP contribution in [0, 0.1) is 13.8 Å². The monoisotopic (exact) mass is 282 g/mol. The Morgan fingerprint density at radius 3 is 2.33 bits per heavy atom. The number of carbonyl (C=O) groups excluding carboxylic acids is 1. The van der Waals surface area contributed by atoms with Gasteiger partial charge < -0.3 is 5.11 Å². The van der Waals surface area contributed by atoms with E-state index in [2.05, 4.69) is 10.5 Å². The number of hydrogen-bond acceptors (Lipinski definition) is 3. The molecular weight excluding hydrogens is 264 g/mol. The van der Waals surface area contributed by atoms with E-state index in [-0.39, 0.29) is 11.7 Å². The number of phenols is 1. The molecular formula is C17H18N2O2. The largest absolute Gasteiger partial charge is 0.507 e. The first-order valence-corrected chi connectivity index (χ1v) is 6.68. The Kier molecular flexibility index (Phi) is 4.38. The lowest BCUT2D eigenvalue weighted by atomic mass is 10.1. The van der Waals surface area contributed by atoms with Gasteiger partial charge in [0.1, 0.15) is 5.75 Å². The van der Waals surface area contributed by atoms with Crippen molar-refractivity contribution in [3.63, 3.8) is 0 Å². The first kappa shape index (κ1) is 14.8. The predicted octanol–water partition coefficient (Wildman–Crippen LogP) is 3.16. The summed E-state index contributed by atoms with van der Waals surface area (Å²) >= 11 is 0. The molecule has 21 heavy (non-hydrogen) atoms. The molecule has 0 atom stereocenters. The molecule has 0 bridgehead atoms. The second-order valence-corrected chi connectivity index (χ2v) is 5.03. The average Bonchev–Trinajstić information content (AvgIpc) is 2.43. The molecule has 1 amide bonds. The van der Waals surface area contributed by atoms with Gasteiger partial charge in [0, 0.05) is 11.1 Å². The van der Waals surface area contributed by atoms with Crippen LogP contribution in [0.4, 0.5) is 0 Å². The van der Waals surface area contributed by atoms with Crippen molar-refractivity contribution < 1.29 is 9.90 Å². The van der Waals surface area contributed by atoms with Crippen LogP contribution in [0.2, 0.25) is 0 Å². The number of amides is 1. The van der Waals surface area contributed by atoms with Gasteiger partial charge in [-0.2, -0.15) is 5.10 Å². The van der Waals surface area contributed by atoms with E-state index in [1.165, 1.54) is 0 Å². The van der Waals surface area contributed by atoms with Crippen molar-refractivity contribution in [2.75, 3.05) is 0 Å². The Bertz CT molecular complexity index is 685. The van der Waals surface area contributed by atoms with Crippen molar-refractivity contribution in [1.82, 2.24) is 5.43 Å². The fraction of sp³-hybridized carbons (Fsp3) is 0.176. The van der Waals surface area contributed by atoms with Gasteiger partial charge in [-0.15, -0.1) is 0 Å². The summed E-state index contributed by atoms with van der Waals surface area (Å²) in [7, 11) is 0. The minimum Gasteiger partial charge on any atom is -0.507 e. The van der Waals surface area contributed by atoms with Gasteiger partial charge in [0.2, 0.25) is 0 Å². The van der Waals surface area contributed by atoms with E-state index < -0.39 is 0 Å². The second kappa shape index (κ2) is 6.22. The second-order valence-electron chi connectivity index (χ2n) is 5.03. The summed E-state index contributed by atoms with van der Waals surface area (Å²) in [5, 5.41) is 13.8. The van der Waals surface area contributed by atoms with Crippen molar-refractivity contribution in [3.8, 4) is 5.75 Å². The van der Waals surface area contributed by atoms with Gasteiger partial charge in [-0.05, 0) is 45.0 Å². The molecule has 0 heterocycles. The maximum absolute atomic E-state index is 12.1. The molecule has 0 aliphatic carbocycles. The zero-order chi connectivity index (χ0) is 15.4. The lowest BCUT2D eigenvalue weighted by Gasteiger charge is -2.06. The molecule has 0 aliphatic heterocycles. The van der Waals surface area contributed by atoms with E-state index in [4.69, 9.17) is 0 Å². The number of phenolic OH excluding ortho intramolecular Hbond substituents is 1. The predicted molar refractivity (Wildman–Crippen MR) is 83.7 cm³/mol. The Morgan fingerprint density at radius 1 is 1.10 bits per heavy atom. The number of aromatic hydroxyl groups is 1. The van der Waals surface area contributed by atoms with E-state index >= 15 is 0 Å². The third kappa shape index (κ3) is 3.69. The number of rotatable bonds is 3. The first-order chi connectivity index (χ1) is 9.97. The molecule has 0 spiro atoms. The number of aryl methyl sites for hydroxylation is 2. The number of para-hydroxylation sites is 1. The van der Waals surface area contributed by atoms with Gasteiger partial charge in [0.15, 0.2) is 0 Å². The topological polar surface area (TPSA) is 61.7 Å². The Balaban J connectivity index is 2.16. The zero-order valence-electron chi connectivity index (χ0n) is 12.3. The number of benzene rings is 2. The summed E-state index contributed by atoms with van der Waals surface area (Å²) in [6, 6.07) is 12.5. The van der Waals surface area contributed by atoms with E-state index in [1.54, 1.807) is 31.2 Å². The molecule has 2 rings (SSSR count). The number of hydrazone groups is 1. The minimum atomic E-state index is -0.267. The van der Waals surface area contributed by atoms with Crippen molar-refractivity contribution in [3.05, 3.63) is 64.7 Å². The molecule has 0 aromatic heterocycles. The first-order valence-electron chi connectivity index (χ1n) is 6.68. The molecule has 2 aromatic rings. The average molecular weight is 282 g/mol. The Hall–Kier alpha value is -2.62. The van der Waals surface area contributed by atoms with E-state index in [0.717, 1.165) is 11.1 Å². The summed E-state index contributed by atoms with van der Waals surface area (Å²) in [5.41, 5.74) is 6.29. The third-order valence-electron chi connectivity index (χ3n) is 3.10. The molecule has 0 aliphatic rings. The van der Waals surface area contributed by atoms with Crippen LogP contribution in [-0.4, -0.2) is 16.7 Å². The lowest BCUT2D eigenvalue weighted by molar-refractivity contribution is 0.0954. The smallest absolute Gasteiger partial charge is 0.271 e. The number of carbonyl (C=O) groups is 1. The maximum Gasteiger partial charge on any atom is 0.271 e. The molecule has 0 saturated carbocycles. The fourth-order valence-electron chi connectivity index (χ4n) is 2.14. The Morgan fingerprint density at radius 2 is 1.71 bits per heavy atom. The van der Waals surface area contributed by atoms with Crippen LogP contribution in [0.25, 0.3) is 0 Å². The van der Waals surface area contributed by atoms with Crippen molar-refractivity contribution >= 4 is 11.6 Å². The summed E-state index contributed by atoms with van der Waals surface area (Å²) in [4.78, 5) is 12.1. The Labute approximate surface area is 124 Å². The SMILES string of the molecule is CC(=NNC(=O)c1cc(C)cc(C)c1)c1ccccc1O. The van der Waals surface area contributed by atoms with Gasteiger partial charge in [-0.1, -0.05) is 29.3 Å². The van der Waals surface area contributed by atoms with Crippen LogP contribution in [0.15, 0.2) is 47.6 Å². The molecule has 2 aromatic carbocycles. The fourth-order valence-corrected chi connectivity index (χ4v) is 2.14. The standard InChI is InChI=1S/C17H18N2O2/c1-11-8-12(2)10-14(9-11)17(21)19-18-13(3)15-6-4-5-7-16(15)20/h4-10,20H,1-3H3,(H,19,21). The van der Waals surface area contributed by atoms with Crippen LogP contribution >= 0.6 is 0 Å². The third-order valence-corrected chi connectivity index (χ3v) is 3.10. The number of hydrogen-bond donors (Lipinski definition) is 2. The van der Waals surface area contributed by atoms with E-state index in [1.807, 2.05) is 32.0 Å². The van der Waals surface area contributed by atoms with Crippen LogP contribution in [0.5, 0.6) is 5.75 Å². The highest BCUT2D eigenvalue weighted by Gasteiger charge is 2.07. The highest BCUT2D eigenvalue weighted by atomic mass is 16.3. The normalized spacial score (nSPS) is 11.3. The zero-order valence-corrected chi connectivity index (χ0v) is 12.3. The van der Waals surface area contributed by atoms with Crippen molar-refractivity contribution in [2.45, 2.75) is 20.8 Å². The number of nitrogens with one attached hydrogen (secondary N) is 1. The van der Waals surface area contributed by atoms with E-state index in [0.29, 0.717) is 16.8 Å². The minimum absolute atomic E-state index is 0.138. The highest BCUT2D eigenvalue weighted by Crippen LogP contribution is 2.16. The molecule has 4 nitrogen and oxygen atoms in total. The van der Waals surface area contributed by atoms with Crippen molar-refractivity contribution in [2.24, 2.45) is 5.10 Å². The van der Waals surface area contributed by atoms with Gasteiger partial charge >= 0.3 is 0 Å². The molecule has 0 saturated heterocycles. The molecule has 2 N–H and O–H groups in total. The van der Waals surface area contributed by atoms with Crippen LogP contribution < -0.4 is 5.43 Å². The summed E-state index contributed by atoms with van der Waals surface area (Å²) in [6.45, 7) is 5.62. The van der Waals surface area contributed by atoms with Crippen LogP contribution in [0.3, 0.4) is 0 Å². The summed E-state index contributed by atoms with van der Waals surface area (Å²) in [5.74, 6) is -0.129. The summed E-state index contributed by atoms with van der Waals surface area (Å²) in [6.07, 6.45) is 0. The van der Waals surface area contributed by atoms with E-state index in [9.17, 15) is 9.90 Å². The molecule has 108 valence electrons. The lowest BCUT2D eigenvalue weighted by Crippen LogP contribution is -2.19. The van der Waals surface area contributed by atoms with Gasteiger partial charge in [0.25, 0.3) is 5.91 Å². The molecule has 0 radical (unpaired) electrons. The molecule has 4 heteroatoms. The molecule has 0 fully saturated rings. The highest BCUT2D eigenvalue weighted by molar-refractivity contribution is 6.02. The van der Waals surface area contributed by atoms with Crippen LogP contribution in [0.1, 0.15) is 34.0 Å². The number of nitrogens with zero attached hydrogens (tertiary/aromatic N) is 1. The maximum atomic E-state index is 12.1. The van der Waals surface area contributed by atoms with Gasteiger partial charge in [-0.25, -0.2) is 5.43 Å².